The number of benzene rings is 2. The van der Waals surface area contributed by atoms with Crippen molar-refractivity contribution in [3.8, 4) is 11.8 Å². The average molecular weight is 458 g/mol. The van der Waals surface area contributed by atoms with Crippen LogP contribution in [0.15, 0.2) is 30.3 Å². The Hall–Kier alpha value is -3.08. The first kappa shape index (κ1) is 22.6. The van der Waals surface area contributed by atoms with Crippen LogP contribution in [0.1, 0.15) is 29.7 Å². The molecule has 0 radical (unpaired) electrons. The monoisotopic (exact) mass is 457 g/mol. The number of piperidine rings is 1. The highest BCUT2D eigenvalue weighted by molar-refractivity contribution is 6.32. The molecule has 1 aromatic heterocycles. The van der Waals surface area contributed by atoms with Crippen LogP contribution in [0, 0.1) is 11.3 Å². The molecule has 2 heterocycles. The van der Waals surface area contributed by atoms with Gasteiger partial charge in [-0.25, -0.2) is 0 Å². The van der Waals surface area contributed by atoms with Gasteiger partial charge in [0.1, 0.15) is 17.6 Å². The molecule has 1 aliphatic rings. The van der Waals surface area contributed by atoms with Gasteiger partial charge in [-0.1, -0.05) is 17.7 Å². The molecule has 4 rings (SSSR count). The maximum absolute atomic E-state index is 11.6. The van der Waals surface area contributed by atoms with Gasteiger partial charge in [-0.2, -0.15) is 10.4 Å². The number of nitrogens with two attached hydrogens (primary N) is 1. The lowest BCUT2D eigenvalue weighted by Crippen LogP contribution is -2.34. The van der Waals surface area contributed by atoms with E-state index in [-0.39, 0.29) is 18.2 Å². The minimum atomic E-state index is 0. The van der Waals surface area contributed by atoms with Crippen LogP contribution in [-0.4, -0.2) is 36.2 Å². The van der Waals surface area contributed by atoms with Crippen LogP contribution < -0.4 is 15.4 Å². The summed E-state index contributed by atoms with van der Waals surface area (Å²) in [7, 11) is 1.57. The number of nitriles is 1. The molecule has 7 nitrogen and oxygen atoms in total. The summed E-state index contributed by atoms with van der Waals surface area (Å²) in [5.41, 5.74) is 8.74. The molecule has 0 amide bonds. The van der Waals surface area contributed by atoms with Crippen molar-refractivity contribution in [1.29, 1.82) is 5.26 Å². The Bertz CT molecular complexity index is 1180. The second-order valence-electron chi connectivity index (χ2n) is 7.20. The number of carbonyl (C=O) groups is 1. The van der Waals surface area contributed by atoms with Crippen LogP contribution in [-0.2, 0) is 11.2 Å². The zero-order chi connectivity index (χ0) is 21.3. The van der Waals surface area contributed by atoms with Gasteiger partial charge in [-0.05, 0) is 29.8 Å². The van der Waals surface area contributed by atoms with Gasteiger partial charge >= 0.3 is 0 Å². The average Bonchev–Trinajstić information content (AvgIpc) is 2.75. The van der Waals surface area contributed by atoms with E-state index in [1.165, 1.54) is 0 Å². The van der Waals surface area contributed by atoms with Crippen molar-refractivity contribution in [1.82, 2.24) is 10.2 Å². The maximum Gasteiger partial charge on any atom is 0.159 e. The summed E-state index contributed by atoms with van der Waals surface area (Å²) in [5.74, 6) is 1.53. The van der Waals surface area contributed by atoms with Crippen molar-refractivity contribution < 1.29 is 9.53 Å². The zero-order valence-electron chi connectivity index (χ0n) is 16.9. The van der Waals surface area contributed by atoms with Gasteiger partial charge in [0.15, 0.2) is 5.82 Å². The second-order valence-corrected chi connectivity index (χ2v) is 7.61. The highest BCUT2D eigenvalue weighted by Crippen LogP contribution is 2.34. The Morgan fingerprint density at radius 2 is 1.97 bits per heavy atom. The normalized spacial score (nSPS) is 13.6. The first-order valence-corrected chi connectivity index (χ1v) is 9.96. The second kappa shape index (κ2) is 9.38. The number of carbonyl (C=O) groups excluding carboxylic acids is 1. The molecule has 0 atom stereocenters. The minimum absolute atomic E-state index is 0. The lowest BCUT2D eigenvalue weighted by atomic mass is 9.99. The molecule has 160 valence electrons. The van der Waals surface area contributed by atoms with Gasteiger partial charge in [-0.3, -0.25) is 4.79 Å². The number of nitrogens with zero attached hydrogens (tertiary/aromatic N) is 4. The Morgan fingerprint density at radius 1 is 1.23 bits per heavy atom. The first-order valence-electron chi connectivity index (χ1n) is 9.58. The van der Waals surface area contributed by atoms with Crippen molar-refractivity contribution in [2.45, 2.75) is 19.3 Å². The van der Waals surface area contributed by atoms with E-state index in [1.54, 1.807) is 19.2 Å². The molecule has 9 heteroatoms. The topological polar surface area (TPSA) is 105 Å². The van der Waals surface area contributed by atoms with Gasteiger partial charge in [0.05, 0.1) is 29.1 Å². The van der Waals surface area contributed by atoms with Crippen LogP contribution in [0.25, 0.3) is 10.8 Å². The SMILES string of the molecule is COc1ccc(Cc2nnc(N3CCC(=O)CC3)c3ccc(C#N)c(N)c23)cc1Cl.Cl. The molecule has 31 heavy (non-hydrogen) atoms. The van der Waals surface area contributed by atoms with Gasteiger partial charge in [-0.15, -0.1) is 17.5 Å². The third-order valence-electron chi connectivity index (χ3n) is 5.37. The molecule has 1 saturated heterocycles. The number of aromatic nitrogens is 2. The summed E-state index contributed by atoms with van der Waals surface area (Å²) in [4.78, 5) is 13.7. The van der Waals surface area contributed by atoms with Crippen LogP contribution >= 0.6 is 24.0 Å². The van der Waals surface area contributed by atoms with E-state index in [0.717, 1.165) is 10.9 Å². The smallest absolute Gasteiger partial charge is 0.159 e. The van der Waals surface area contributed by atoms with Gasteiger partial charge in [0, 0.05) is 43.1 Å². The maximum atomic E-state index is 11.6. The van der Waals surface area contributed by atoms with Crippen molar-refractivity contribution in [3.63, 3.8) is 0 Å². The Morgan fingerprint density at radius 3 is 2.61 bits per heavy atom. The number of ketones is 1. The third-order valence-corrected chi connectivity index (χ3v) is 5.66. The van der Waals surface area contributed by atoms with Gasteiger partial charge in [0.2, 0.25) is 0 Å². The van der Waals surface area contributed by atoms with Crippen molar-refractivity contribution in [2.24, 2.45) is 0 Å². The lowest BCUT2D eigenvalue weighted by Gasteiger charge is -2.28. The number of fused-ring (bicyclic) bond motifs is 1. The number of hydrogen-bond acceptors (Lipinski definition) is 7. The highest BCUT2D eigenvalue weighted by atomic mass is 35.5. The van der Waals surface area contributed by atoms with E-state index in [2.05, 4.69) is 21.2 Å². The Labute approximate surface area is 191 Å². The first-order chi connectivity index (χ1) is 14.5. The number of rotatable bonds is 4. The summed E-state index contributed by atoms with van der Waals surface area (Å²) in [5, 5.41) is 20.4. The van der Waals surface area contributed by atoms with E-state index < -0.39 is 0 Å². The lowest BCUT2D eigenvalue weighted by molar-refractivity contribution is -0.119. The number of hydrogen-bond donors (Lipinski definition) is 1. The summed E-state index contributed by atoms with van der Waals surface area (Å²) >= 11 is 6.27. The van der Waals surface area contributed by atoms with Crippen LogP contribution in [0.2, 0.25) is 5.02 Å². The molecule has 0 unspecified atom stereocenters. The molecule has 3 aromatic rings. The number of methoxy groups -OCH3 is 1. The van der Waals surface area contributed by atoms with E-state index in [1.807, 2.05) is 18.2 Å². The molecule has 2 aromatic carbocycles. The number of Topliss-reactive ketones (excluding diaryl/α,β-unsaturated/α-hetero) is 1. The molecule has 0 bridgehead atoms. The number of halogens is 2. The quantitative estimate of drug-likeness (QED) is 0.591. The summed E-state index contributed by atoms with van der Waals surface area (Å²) in [6.45, 7) is 1.19. The van der Waals surface area contributed by atoms with Crippen molar-refractivity contribution in [2.75, 3.05) is 30.8 Å². The number of anilines is 2. The van der Waals surface area contributed by atoms with E-state index >= 15 is 0 Å². The molecule has 0 saturated carbocycles. The fraction of sp³-hybridized carbons (Fsp3) is 0.273. The van der Waals surface area contributed by atoms with Crippen molar-refractivity contribution >= 4 is 52.1 Å². The largest absolute Gasteiger partial charge is 0.495 e. The fourth-order valence-corrected chi connectivity index (χ4v) is 4.04. The predicted molar refractivity (Wildman–Crippen MR) is 123 cm³/mol. The highest BCUT2D eigenvalue weighted by Gasteiger charge is 2.22. The van der Waals surface area contributed by atoms with Gasteiger partial charge < -0.3 is 15.4 Å². The molecule has 1 fully saturated rings. The number of ether oxygens (including phenoxy) is 1. The van der Waals surface area contributed by atoms with Crippen LogP contribution in [0.5, 0.6) is 5.75 Å². The molecule has 1 aliphatic heterocycles. The summed E-state index contributed by atoms with van der Waals surface area (Å²) in [6.07, 6.45) is 1.42. The number of nitrogen functional groups attached to an aromatic ring is 1. The Balaban J connectivity index is 0.00000272. The third kappa shape index (κ3) is 4.36. The van der Waals surface area contributed by atoms with E-state index in [0.29, 0.717) is 71.3 Å². The van der Waals surface area contributed by atoms with E-state index in [4.69, 9.17) is 22.1 Å². The fourth-order valence-electron chi connectivity index (χ4n) is 3.76. The molecule has 0 spiro atoms. The molecule has 2 N–H and O–H groups in total. The summed E-state index contributed by atoms with van der Waals surface area (Å²) in [6, 6.07) is 11.2. The Kier molecular flexibility index (Phi) is 6.84. The van der Waals surface area contributed by atoms with E-state index in [9.17, 15) is 10.1 Å². The molecular formula is C22H21Cl2N5O2. The summed E-state index contributed by atoms with van der Waals surface area (Å²) < 4.78 is 5.21. The minimum Gasteiger partial charge on any atom is -0.495 e. The standard InChI is InChI=1S/C22H20ClN5O2.ClH/c1-30-19-5-2-13(10-17(19)23)11-18-20-16(4-3-14(12-24)21(20)25)22(27-26-18)28-8-6-15(29)7-9-28;/h2-5,10H,6-9,11,25H2,1H3;1H. The zero-order valence-corrected chi connectivity index (χ0v) is 18.5. The predicted octanol–water partition coefficient (Wildman–Crippen LogP) is 3.93. The van der Waals surface area contributed by atoms with Crippen LogP contribution in [0.3, 0.4) is 0 Å². The molecule has 0 aliphatic carbocycles. The molecular weight excluding hydrogens is 437 g/mol. The van der Waals surface area contributed by atoms with Crippen molar-refractivity contribution in [3.05, 3.63) is 52.2 Å². The van der Waals surface area contributed by atoms with Gasteiger partial charge in [0.25, 0.3) is 0 Å². The van der Waals surface area contributed by atoms with Crippen LogP contribution in [0.4, 0.5) is 11.5 Å².